The Morgan fingerprint density at radius 2 is 1.81 bits per heavy atom. The van der Waals surface area contributed by atoms with Gasteiger partial charge in [-0.05, 0) is 51.8 Å². The van der Waals surface area contributed by atoms with E-state index in [-0.39, 0.29) is 22.0 Å². The summed E-state index contributed by atoms with van der Waals surface area (Å²) in [6, 6.07) is 3.43. The fourth-order valence-electron chi connectivity index (χ4n) is 3.24. The Bertz CT molecular complexity index is 1100. The molecular formula is C20H22BrF3N2O4S2. The number of halogens is 4. The van der Waals surface area contributed by atoms with Crippen LogP contribution in [0.2, 0.25) is 0 Å². The van der Waals surface area contributed by atoms with E-state index in [4.69, 9.17) is 4.74 Å². The number of ether oxygens (including phenoxy) is 1. The summed E-state index contributed by atoms with van der Waals surface area (Å²) in [5.74, 6) is 0.0953. The molecule has 0 unspecified atom stereocenters. The summed E-state index contributed by atoms with van der Waals surface area (Å²) in [5.41, 5.74) is -5.28. The lowest BCUT2D eigenvalue weighted by Gasteiger charge is -2.32. The SMILES string of the molecule is CC(C)(C)OC(=O)N1CCC(c2nc(-c3cc(Br)cc(S(=O)(=O)C(F)(F)F)c3)cs2)CC1. The number of alkyl halides is 3. The minimum Gasteiger partial charge on any atom is -0.444 e. The maximum absolute atomic E-state index is 13.0. The third-order valence-electron chi connectivity index (χ3n) is 4.80. The van der Waals surface area contributed by atoms with Crippen LogP contribution in [0, 0.1) is 0 Å². The molecule has 1 aromatic carbocycles. The zero-order valence-corrected chi connectivity index (χ0v) is 20.8. The number of carbonyl (C=O) groups excluding carboxylic acids is 1. The number of amides is 1. The molecule has 2 aromatic rings. The second kappa shape index (κ2) is 8.94. The van der Waals surface area contributed by atoms with E-state index in [2.05, 4.69) is 20.9 Å². The normalized spacial score (nSPS) is 16.3. The van der Waals surface area contributed by atoms with E-state index in [0.717, 1.165) is 17.1 Å². The van der Waals surface area contributed by atoms with Gasteiger partial charge in [0.1, 0.15) is 5.60 Å². The van der Waals surface area contributed by atoms with Crippen LogP contribution >= 0.6 is 27.3 Å². The van der Waals surface area contributed by atoms with Gasteiger partial charge in [0.05, 0.1) is 15.6 Å². The summed E-state index contributed by atoms with van der Waals surface area (Å²) in [6.45, 7) is 6.45. The molecule has 1 aromatic heterocycles. The molecule has 6 nitrogen and oxygen atoms in total. The van der Waals surface area contributed by atoms with Crippen molar-refractivity contribution in [3.8, 4) is 11.3 Å². The van der Waals surface area contributed by atoms with Crippen molar-refractivity contribution in [2.75, 3.05) is 13.1 Å². The first-order chi connectivity index (χ1) is 14.7. The van der Waals surface area contributed by atoms with Gasteiger partial charge in [-0.25, -0.2) is 18.2 Å². The Hall–Kier alpha value is -1.66. The Balaban J connectivity index is 1.76. The summed E-state index contributed by atoms with van der Waals surface area (Å²) < 4.78 is 68.1. The van der Waals surface area contributed by atoms with Crippen molar-refractivity contribution in [1.29, 1.82) is 0 Å². The van der Waals surface area contributed by atoms with Gasteiger partial charge in [-0.1, -0.05) is 15.9 Å². The number of nitrogens with zero attached hydrogens (tertiary/aromatic N) is 2. The van der Waals surface area contributed by atoms with Gasteiger partial charge in [0.25, 0.3) is 9.84 Å². The number of sulfone groups is 1. The molecule has 32 heavy (non-hydrogen) atoms. The monoisotopic (exact) mass is 554 g/mol. The van der Waals surface area contributed by atoms with Gasteiger partial charge < -0.3 is 9.64 Å². The molecule has 2 heterocycles. The lowest BCUT2D eigenvalue weighted by atomic mass is 9.98. The van der Waals surface area contributed by atoms with Crippen molar-refractivity contribution >= 4 is 43.2 Å². The highest BCUT2D eigenvalue weighted by atomic mass is 79.9. The first kappa shape index (κ1) is 25.0. The van der Waals surface area contributed by atoms with Crippen LogP contribution < -0.4 is 0 Å². The van der Waals surface area contributed by atoms with E-state index < -0.39 is 25.8 Å². The molecule has 0 bridgehead atoms. The molecule has 0 saturated carbocycles. The number of carbonyl (C=O) groups is 1. The molecule has 1 amide bonds. The summed E-state index contributed by atoms with van der Waals surface area (Å²) in [5, 5.41) is 2.49. The molecule has 3 rings (SSSR count). The fraction of sp³-hybridized carbons (Fsp3) is 0.500. The maximum Gasteiger partial charge on any atom is 0.501 e. The molecule has 1 aliphatic rings. The van der Waals surface area contributed by atoms with Crippen molar-refractivity contribution in [3.63, 3.8) is 0 Å². The summed E-state index contributed by atoms with van der Waals surface area (Å²) in [7, 11) is -5.47. The third-order valence-corrected chi connectivity index (χ3v) is 7.73. The van der Waals surface area contributed by atoms with Crippen molar-refractivity contribution < 1.29 is 31.1 Å². The quantitative estimate of drug-likeness (QED) is 0.466. The van der Waals surface area contributed by atoms with Crippen LogP contribution in [0.3, 0.4) is 0 Å². The molecule has 0 aliphatic carbocycles. The second-order valence-electron chi connectivity index (χ2n) is 8.44. The Labute approximate surface area is 196 Å². The van der Waals surface area contributed by atoms with Crippen molar-refractivity contribution in [2.24, 2.45) is 0 Å². The number of rotatable bonds is 3. The fourth-order valence-corrected chi connectivity index (χ4v) is 5.72. The largest absolute Gasteiger partial charge is 0.501 e. The molecule has 0 radical (unpaired) electrons. The zero-order valence-electron chi connectivity index (χ0n) is 17.6. The number of thiazole rings is 1. The molecule has 1 fully saturated rings. The van der Waals surface area contributed by atoms with Crippen molar-refractivity contribution in [3.05, 3.63) is 33.1 Å². The molecule has 0 spiro atoms. The zero-order chi connectivity index (χ0) is 23.9. The maximum atomic E-state index is 13.0. The standard InChI is InChI=1S/C20H22BrF3N2O4S2/c1-19(2,3)30-18(27)26-6-4-12(5-7-26)17-25-16(11-31-17)13-8-14(21)10-15(9-13)32(28,29)20(22,23)24/h8-12H,4-7H2,1-3H3. The highest BCUT2D eigenvalue weighted by Crippen LogP contribution is 2.37. The highest BCUT2D eigenvalue weighted by molar-refractivity contribution is 9.10. The van der Waals surface area contributed by atoms with E-state index in [1.54, 1.807) is 10.3 Å². The van der Waals surface area contributed by atoms with E-state index >= 15 is 0 Å². The smallest absolute Gasteiger partial charge is 0.444 e. The van der Waals surface area contributed by atoms with Gasteiger partial charge in [-0.3, -0.25) is 0 Å². The van der Waals surface area contributed by atoms with Gasteiger partial charge in [-0.15, -0.1) is 11.3 Å². The predicted octanol–water partition coefficient (Wildman–Crippen LogP) is 5.98. The van der Waals surface area contributed by atoms with Crippen LogP contribution in [0.4, 0.5) is 18.0 Å². The third kappa shape index (κ3) is 5.63. The first-order valence-corrected chi connectivity index (χ1v) is 12.9. The lowest BCUT2D eigenvalue weighted by Crippen LogP contribution is -2.41. The van der Waals surface area contributed by atoms with Gasteiger partial charge in [0.15, 0.2) is 0 Å². The predicted molar refractivity (Wildman–Crippen MR) is 118 cm³/mol. The van der Waals surface area contributed by atoms with Crippen molar-refractivity contribution in [1.82, 2.24) is 9.88 Å². The minimum atomic E-state index is -5.47. The van der Waals surface area contributed by atoms with Crippen LogP contribution in [0.5, 0.6) is 0 Å². The Kier molecular flexibility index (Phi) is 6.98. The van der Waals surface area contributed by atoms with E-state index in [0.29, 0.717) is 31.6 Å². The van der Waals surface area contributed by atoms with Gasteiger partial charge >= 0.3 is 11.6 Å². The highest BCUT2D eigenvalue weighted by Gasteiger charge is 2.47. The summed E-state index contributed by atoms with van der Waals surface area (Å²) in [6.07, 6.45) is 1.000. The van der Waals surface area contributed by atoms with Crippen LogP contribution in [0.25, 0.3) is 11.3 Å². The molecule has 1 saturated heterocycles. The average Bonchev–Trinajstić information content (AvgIpc) is 3.15. The van der Waals surface area contributed by atoms with Crippen LogP contribution in [0.15, 0.2) is 32.9 Å². The van der Waals surface area contributed by atoms with Gasteiger partial charge in [0, 0.05) is 34.4 Å². The van der Waals surface area contributed by atoms with Crippen LogP contribution in [0.1, 0.15) is 44.5 Å². The van der Waals surface area contributed by atoms with Gasteiger partial charge in [0.2, 0.25) is 0 Å². The summed E-state index contributed by atoms with van der Waals surface area (Å²) >= 11 is 4.45. The number of hydrogen-bond donors (Lipinski definition) is 0. The average molecular weight is 555 g/mol. The molecule has 0 atom stereocenters. The number of hydrogen-bond acceptors (Lipinski definition) is 6. The van der Waals surface area contributed by atoms with Gasteiger partial charge in [-0.2, -0.15) is 13.2 Å². The minimum absolute atomic E-state index is 0.0953. The second-order valence-corrected chi connectivity index (χ2v) is 12.2. The lowest BCUT2D eigenvalue weighted by molar-refractivity contribution is -0.0436. The molecule has 12 heteroatoms. The Morgan fingerprint density at radius 3 is 2.38 bits per heavy atom. The molecule has 0 N–H and O–H groups in total. The van der Waals surface area contributed by atoms with E-state index in [1.165, 1.54) is 17.4 Å². The van der Waals surface area contributed by atoms with E-state index in [1.807, 2.05) is 20.8 Å². The number of likely N-dealkylation sites (tertiary alicyclic amines) is 1. The topological polar surface area (TPSA) is 76.6 Å². The molecule has 1 aliphatic heterocycles. The van der Waals surface area contributed by atoms with Crippen molar-refractivity contribution in [2.45, 2.75) is 55.5 Å². The summed E-state index contributed by atoms with van der Waals surface area (Å²) in [4.78, 5) is 17.6. The molecular weight excluding hydrogens is 533 g/mol. The van der Waals surface area contributed by atoms with Crippen LogP contribution in [-0.4, -0.2) is 48.6 Å². The Morgan fingerprint density at radius 1 is 1.19 bits per heavy atom. The molecule has 176 valence electrons. The first-order valence-electron chi connectivity index (χ1n) is 9.73. The number of piperidine rings is 1. The van der Waals surface area contributed by atoms with Crippen LogP contribution in [-0.2, 0) is 14.6 Å². The van der Waals surface area contributed by atoms with E-state index in [9.17, 15) is 26.4 Å². The number of benzene rings is 1. The number of aromatic nitrogens is 1.